The van der Waals surface area contributed by atoms with Crippen LogP contribution in [0.4, 0.5) is 0 Å². The summed E-state index contributed by atoms with van der Waals surface area (Å²) >= 11 is 0. The van der Waals surface area contributed by atoms with Crippen LogP contribution in [-0.2, 0) is 11.2 Å². The number of carbonyl (C=O) groups is 1. The van der Waals surface area contributed by atoms with Gasteiger partial charge in [-0.1, -0.05) is 0 Å². The molecule has 0 radical (unpaired) electrons. The Morgan fingerprint density at radius 3 is 3.00 bits per heavy atom. The van der Waals surface area contributed by atoms with Gasteiger partial charge < -0.3 is 15.4 Å². The zero-order valence-electron chi connectivity index (χ0n) is 10.8. The number of amides is 1. The van der Waals surface area contributed by atoms with Crippen LogP contribution in [0.2, 0.25) is 0 Å². The van der Waals surface area contributed by atoms with Crippen LogP contribution in [0.1, 0.15) is 24.8 Å². The second kappa shape index (κ2) is 4.96. The zero-order chi connectivity index (χ0) is 13.2. The molecule has 1 heterocycles. The molecule has 4 heteroatoms. The minimum absolute atomic E-state index is 0.128. The maximum atomic E-state index is 11.6. The molecule has 1 aliphatic rings. The predicted molar refractivity (Wildman–Crippen MR) is 74.0 cm³/mol. The molecule has 0 spiro atoms. The highest BCUT2D eigenvalue weighted by Crippen LogP contribution is 2.32. The maximum Gasteiger partial charge on any atom is 0.220 e. The fourth-order valence-electron chi connectivity index (χ4n) is 2.43. The van der Waals surface area contributed by atoms with Crippen molar-refractivity contribution in [2.75, 3.05) is 6.54 Å². The van der Waals surface area contributed by atoms with Crippen LogP contribution in [-0.4, -0.2) is 22.5 Å². The second-order valence-corrected chi connectivity index (χ2v) is 5.25. The number of hydrogen-bond acceptors (Lipinski definition) is 2. The molecule has 1 aromatic heterocycles. The fraction of sp³-hybridized carbons (Fsp3) is 0.400. The Bertz CT molecular complexity index is 599. The van der Waals surface area contributed by atoms with E-state index in [1.807, 2.05) is 18.3 Å². The molecule has 4 nitrogen and oxygen atoms in total. The molecule has 3 rings (SSSR count). The first-order valence-corrected chi connectivity index (χ1v) is 6.78. The van der Waals surface area contributed by atoms with E-state index >= 15 is 0 Å². The van der Waals surface area contributed by atoms with Crippen LogP contribution in [0.5, 0.6) is 5.75 Å². The molecule has 1 amide bonds. The van der Waals surface area contributed by atoms with Gasteiger partial charge in [0.2, 0.25) is 5.91 Å². The van der Waals surface area contributed by atoms with E-state index in [4.69, 9.17) is 0 Å². The number of aromatic hydroxyl groups is 1. The van der Waals surface area contributed by atoms with E-state index in [9.17, 15) is 9.90 Å². The van der Waals surface area contributed by atoms with Crippen LogP contribution in [0.3, 0.4) is 0 Å². The Morgan fingerprint density at radius 2 is 2.21 bits per heavy atom. The Balaban J connectivity index is 1.62. The quantitative estimate of drug-likeness (QED) is 0.770. The lowest BCUT2D eigenvalue weighted by molar-refractivity contribution is -0.121. The average Bonchev–Trinajstić information content (AvgIpc) is 3.06. The van der Waals surface area contributed by atoms with Gasteiger partial charge in [-0.15, -0.1) is 0 Å². The van der Waals surface area contributed by atoms with E-state index in [1.54, 1.807) is 6.07 Å². The van der Waals surface area contributed by atoms with Crippen molar-refractivity contribution in [1.82, 2.24) is 10.3 Å². The number of phenols is 1. The van der Waals surface area contributed by atoms with Crippen molar-refractivity contribution >= 4 is 16.8 Å². The second-order valence-electron chi connectivity index (χ2n) is 5.25. The number of aromatic nitrogens is 1. The average molecular weight is 258 g/mol. The van der Waals surface area contributed by atoms with Crippen LogP contribution < -0.4 is 5.32 Å². The highest BCUT2D eigenvalue weighted by molar-refractivity contribution is 5.85. The lowest BCUT2D eigenvalue weighted by Crippen LogP contribution is -2.25. The van der Waals surface area contributed by atoms with Crippen molar-refractivity contribution in [3.63, 3.8) is 0 Å². The largest absolute Gasteiger partial charge is 0.508 e. The Labute approximate surface area is 111 Å². The number of aromatic amines is 1. The molecule has 0 atom stereocenters. The van der Waals surface area contributed by atoms with Gasteiger partial charge in [0, 0.05) is 35.6 Å². The molecule has 1 aromatic carbocycles. The Hall–Kier alpha value is -1.97. The first-order valence-electron chi connectivity index (χ1n) is 6.78. The SMILES string of the molecule is O=C(CC1CC1)NCCc1c(O)ccc2[nH]ccc12. The molecule has 100 valence electrons. The summed E-state index contributed by atoms with van der Waals surface area (Å²) in [6, 6.07) is 5.51. The Kier molecular flexibility index (Phi) is 3.15. The van der Waals surface area contributed by atoms with Crippen LogP contribution in [0.15, 0.2) is 24.4 Å². The summed E-state index contributed by atoms with van der Waals surface area (Å²) in [7, 11) is 0. The standard InChI is InChI=1S/C15H18N2O2/c18-14-4-3-13-11(5-7-16-13)12(14)6-8-17-15(19)9-10-1-2-10/h3-5,7,10,16,18H,1-2,6,8-9H2,(H,17,19). The molecule has 0 saturated heterocycles. The van der Waals surface area contributed by atoms with Gasteiger partial charge in [0.15, 0.2) is 0 Å². The molecule has 1 fully saturated rings. The third-order valence-corrected chi connectivity index (χ3v) is 3.69. The van der Waals surface area contributed by atoms with E-state index in [0.717, 1.165) is 16.5 Å². The number of phenolic OH excluding ortho intramolecular Hbond substituents is 1. The van der Waals surface area contributed by atoms with E-state index < -0.39 is 0 Å². The first kappa shape index (κ1) is 12.1. The number of nitrogens with one attached hydrogen (secondary N) is 2. The van der Waals surface area contributed by atoms with Crippen molar-refractivity contribution in [3.8, 4) is 5.75 Å². The van der Waals surface area contributed by atoms with Gasteiger partial charge in [-0.2, -0.15) is 0 Å². The molecule has 0 unspecified atom stereocenters. The van der Waals surface area contributed by atoms with Gasteiger partial charge in [-0.25, -0.2) is 0 Å². The summed E-state index contributed by atoms with van der Waals surface area (Å²) in [6.07, 6.45) is 5.55. The highest BCUT2D eigenvalue weighted by Gasteiger charge is 2.24. The molecule has 19 heavy (non-hydrogen) atoms. The number of carbonyl (C=O) groups excluding carboxylic acids is 1. The summed E-state index contributed by atoms with van der Waals surface area (Å²) in [4.78, 5) is 14.7. The van der Waals surface area contributed by atoms with Crippen molar-refractivity contribution < 1.29 is 9.90 Å². The monoisotopic (exact) mass is 258 g/mol. The van der Waals surface area contributed by atoms with Gasteiger partial charge >= 0.3 is 0 Å². The van der Waals surface area contributed by atoms with Crippen LogP contribution in [0, 0.1) is 5.92 Å². The van der Waals surface area contributed by atoms with E-state index in [1.165, 1.54) is 12.8 Å². The number of hydrogen-bond donors (Lipinski definition) is 3. The van der Waals surface area contributed by atoms with E-state index in [2.05, 4.69) is 10.3 Å². The molecule has 2 aromatic rings. The van der Waals surface area contributed by atoms with Gasteiger partial charge in [-0.3, -0.25) is 4.79 Å². The number of fused-ring (bicyclic) bond motifs is 1. The van der Waals surface area contributed by atoms with Crippen molar-refractivity contribution in [3.05, 3.63) is 30.0 Å². The molecule has 1 aliphatic carbocycles. The van der Waals surface area contributed by atoms with Crippen molar-refractivity contribution in [1.29, 1.82) is 0 Å². The molecule has 0 bridgehead atoms. The minimum Gasteiger partial charge on any atom is -0.508 e. The summed E-state index contributed by atoms with van der Waals surface area (Å²) in [5.41, 5.74) is 1.91. The summed E-state index contributed by atoms with van der Waals surface area (Å²) in [5.74, 6) is 1.04. The highest BCUT2D eigenvalue weighted by atomic mass is 16.3. The van der Waals surface area contributed by atoms with Gasteiger partial charge in [0.05, 0.1) is 0 Å². The summed E-state index contributed by atoms with van der Waals surface area (Å²) in [5, 5.41) is 13.9. The van der Waals surface area contributed by atoms with Crippen molar-refractivity contribution in [2.24, 2.45) is 5.92 Å². The minimum atomic E-state index is 0.128. The van der Waals surface area contributed by atoms with Gasteiger partial charge in [0.1, 0.15) is 5.75 Å². The maximum absolute atomic E-state index is 11.6. The predicted octanol–water partition coefficient (Wildman–Crippen LogP) is 2.33. The number of H-pyrrole nitrogens is 1. The zero-order valence-corrected chi connectivity index (χ0v) is 10.8. The third kappa shape index (κ3) is 2.72. The van der Waals surface area contributed by atoms with Gasteiger partial charge in [0.25, 0.3) is 0 Å². The molecule has 0 aliphatic heterocycles. The normalized spacial score (nSPS) is 14.7. The van der Waals surface area contributed by atoms with E-state index in [0.29, 0.717) is 31.1 Å². The lowest BCUT2D eigenvalue weighted by atomic mass is 10.1. The Morgan fingerprint density at radius 1 is 1.37 bits per heavy atom. The first-order chi connectivity index (χ1) is 9.24. The molecular weight excluding hydrogens is 240 g/mol. The molecule has 1 saturated carbocycles. The smallest absolute Gasteiger partial charge is 0.220 e. The fourth-order valence-corrected chi connectivity index (χ4v) is 2.43. The van der Waals surface area contributed by atoms with Gasteiger partial charge in [-0.05, 0) is 43.4 Å². The summed E-state index contributed by atoms with van der Waals surface area (Å²) in [6.45, 7) is 0.573. The number of rotatable bonds is 5. The van der Waals surface area contributed by atoms with Crippen molar-refractivity contribution in [2.45, 2.75) is 25.7 Å². The molecule has 3 N–H and O–H groups in total. The lowest BCUT2D eigenvalue weighted by Gasteiger charge is -2.08. The molecular formula is C15H18N2O2. The van der Waals surface area contributed by atoms with Crippen LogP contribution in [0.25, 0.3) is 10.9 Å². The number of benzene rings is 1. The topological polar surface area (TPSA) is 65.1 Å². The summed E-state index contributed by atoms with van der Waals surface area (Å²) < 4.78 is 0. The van der Waals surface area contributed by atoms with Crippen LogP contribution >= 0.6 is 0 Å². The third-order valence-electron chi connectivity index (χ3n) is 3.69. The van der Waals surface area contributed by atoms with E-state index in [-0.39, 0.29) is 5.91 Å².